The van der Waals surface area contributed by atoms with Gasteiger partial charge in [-0.05, 0) is 190 Å². The van der Waals surface area contributed by atoms with Crippen molar-refractivity contribution in [1.29, 1.82) is 0 Å². The zero-order valence-corrected chi connectivity index (χ0v) is 46.5. The van der Waals surface area contributed by atoms with Gasteiger partial charge >= 0.3 is 0 Å². The molecule has 0 N–H and O–H groups in total. The highest BCUT2D eigenvalue weighted by atomic mass is 16.5. The Hall–Kier alpha value is -5.42. The number of fused-ring (bicyclic) bond motifs is 3. The van der Waals surface area contributed by atoms with E-state index in [-0.39, 0.29) is 23.7 Å². The highest BCUT2D eigenvalue weighted by molar-refractivity contribution is 5.59. The van der Waals surface area contributed by atoms with Gasteiger partial charge in [0, 0.05) is 60.5 Å². The summed E-state index contributed by atoms with van der Waals surface area (Å²) in [5.74, 6) is 3.33. The molecule has 6 bridgehead atoms. The largest absolute Gasteiger partial charge is 0.491 e. The normalized spacial score (nSPS) is 36.3. The fourth-order valence-electron chi connectivity index (χ4n) is 16.6. The first-order valence-corrected chi connectivity index (χ1v) is 30.7. The number of ether oxygens (including phenoxy) is 2. The lowest BCUT2D eigenvalue weighted by atomic mass is 9.61. The first kappa shape index (κ1) is 51.0. The highest BCUT2D eigenvalue weighted by Gasteiger charge is 2.51. The van der Waals surface area contributed by atoms with Gasteiger partial charge in [0.1, 0.15) is 6.10 Å². The van der Waals surface area contributed by atoms with Crippen LogP contribution in [0.4, 0.5) is 5.69 Å². The van der Waals surface area contributed by atoms with Gasteiger partial charge in [-0.3, -0.25) is 4.90 Å². The Bertz CT molecular complexity index is 2910. The van der Waals surface area contributed by atoms with Crippen molar-refractivity contribution in [1.82, 2.24) is 4.90 Å². The van der Waals surface area contributed by atoms with E-state index in [0.717, 1.165) is 83.5 Å². The van der Waals surface area contributed by atoms with Crippen molar-refractivity contribution in [2.45, 2.75) is 184 Å². The molecule has 4 nitrogen and oxygen atoms in total. The Kier molecular flexibility index (Phi) is 14.6. The molecule has 16 aliphatic rings. The van der Waals surface area contributed by atoms with Gasteiger partial charge in [-0.15, -0.1) is 0 Å². The van der Waals surface area contributed by atoms with E-state index >= 15 is 0 Å². The van der Waals surface area contributed by atoms with Gasteiger partial charge in [-0.25, -0.2) is 0 Å². The van der Waals surface area contributed by atoms with Crippen LogP contribution in [0.2, 0.25) is 0 Å². The lowest BCUT2D eigenvalue weighted by Gasteiger charge is -2.46. The predicted octanol–water partition coefficient (Wildman–Crippen LogP) is 17.3. The van der Waals surface area contributed by atoms with Crippen LogP contribution in [-0.2, 0) is 9.47 Å². The molecule has 6 heterocycles. The molecule has 0 spiro atoms. The quantitative estimate of drug-likeness (QED) is 0.230. The van der Waals surface area contributed by atoms with Crippen molar-refractivity contribution in [2.24, 2.45) is 35.0 Å². The summed E-state index contributed by atoms with van der Waals surface area (Å²) in [4.78, 5) is 5.87. The van der Waals surface area contributed by atoms with Gasteiger partial charge < -0.3 is 14.4 Å². The number of nitrogens with zero attached hydrogens (tertiary/aromatic N) is 2. The molecule has 0 amide bonds. The minimum absolute atomic E-state index is 0.0204. The van der Waals surface area contributed by atoms with Gasteiger partial charge in [-0.2, -0.15) is 0 Å². The van der Waals surface area contributed by atoms with E-state index in [1.807, 2.05) is 12.2 Å². The third-order valence-electron chi connectivity index (χ3n) is 20.8. The molecule has 13 atom stereocenters. The number of rotatable bonds is 9. The van der Waals surface area contributed by atoms with Crippen LogP contribution in [0.25, 0.3) is 0 Å². The van der Waals surface area contributed by atoms with E-state index in [2.05, 4.69) is 177 Å². The maximum Gasteiger partial charge on any atom is 0.120 e. The van der Waals surface area contributed by atoms with E-state index in [9.17, 15) is 0 Å². The van der Waals surface area contributed by atoms with Gasteiger partial charge in [-0.1, -0.05) is 166 Å². The molecule has 1 aromatic rings. The molecule has 77 heavy (non-hydrogen) atoms. The SMILES string of the molecule is C=CC1=CCC(OC2=CCC(N3C4CCCC=C4C4C=C5C(=CC43)C(C)(C)C3C=CC(CC3)C3=C(CCC=C3)C3=C(C4C=CC(OC6CC=C(C=C)CC6)CC4)CC(C=C3)N(c3ccccc3)C3C=CC5CC3)CC2)C=C1. The van der Waals surface area contributed by atoms with Crippen LogP contribution in [0.15, 0.2) is 221 Å². The van der Waals surface area contributed by atoms with Crippen LogP contribution < -0.4 is 4.90 Å². The van der Waals surface area contributed by atoms with E-state index in [1.165, 1.54) is 61.1 Å². The minimum Gasteiger partial charge on any atom is -0.491 e. The summed E-state index contributed by atoms with van der Waals surface area (Å²) < 4.78 is 13.5. The fourth-order valence-corrected chi connectivity index (χ4v) is 16.6. The van der Waals surface area contributed by atoms with Crippen molar-refractivity contribution >= 4 is 5.69 Å². The molecule has 1 aromatic carbocycles. The average molecular weight is 1020 g/mol. The molecule has 1 fully saturated rings. The van der Waals surface area contributed by atoms with E-state index in [4.69, 9.17) is 9.47 Å². The number of hydrogen-bond donors (Lipinski definition) is 0. The van der Waals surface area contributed by atoms with Crippen LogP contribution in [0.5, 0.6) is 0 Å². The van der Waals surface area contributed by atoms with Crippen LogP contribution in [0.1, 0.15) is 136 Å². The first-order valence-electron chi connectivity index (χ1n) is 30.7. The maximum atomic E-state index is 6.82. The van der Waals surface area contributed by atoms with Crippen LogP contribution in [-0.4, -0.2) is 53.4 Å². The van der Waals surface area contributed by atoms with Crippen molar-refractivity contribution < 1.29 is 9.47 Å². The number of benzene rings is 1. The van der Waals surface area contributed by atoms with E-state index < -0.39 is 0 Å². The number of anilines is 1. The lowest BCUT2D eigenvalue weighted by molar-refractivity contribution is 0.0000684. The second-order valence-corrected chi connectivity index (χ2v) is 25.4. The summed E-state index contributed by atoms with van der Waals surface area (Å²) >= 11 is 0. The summed E-state index contributed by atoms with van der Waals surface area (Å²) in [6.07, 6.45) is 71.8. The highest BCUT2D eigenvalue weighted by Crippen LogP contribution is 2.55. The Morgan fingerprint density at radius 2 is 1.53 bits per heavy atom. The smallest absolute Gasteiger partial charge is 0.120 e. The molecule has 400 valence electrons. The molecule has 0 aromatic heterocycles. The Morgan fingerprint density at radius 1 is 0.662 bits per heavy atom. The molecule has 1 saturated heterocycles. The third kappa shape index (κ3) is 10.1. The Balaban J connectivity index is 0.854. The van der Waals surface area contributed by atoms with Crippen molar-refractivity contribution in [3.05, 3.63) is 221 Å². The Morgan fingerprint density at radius 3 is 2.27 bits per heavy atom. The third-order valence-corrected chi connectivity index (χ3v) is 20.8. The number of likely N-dealkylation sites (tertiary alicyclic amines) is 1. The standard InChI is InChI=1S/C73H86N2O2/c1-5-49-20-37-59(38-21-49)76-61-41-28-52(29-42-61)67-46-58-36-45-65(67)64-17-11-10-16-63(64)51-24-30-54(31-25-51)73(3,4)70-48-72-69(47-68(70)53-26-32-56(33-27-53)74(58)55-14-8-7-9-15-55)66-18-12-13-19-71(66)75(72)57-34-43-62(44-35-57)77-60-39-22-50(6-2)23-40-60/h5-10,14-16,18,20,22-24,26,28,30,32,36,39,41,43,45,47-48,51-54,56-61,69,71-72H,1-2,11-13,17,19,21,25,27,29,31,33-35,37-38,40,42,44,46H2,3-4H3. The monoisotopic (exact) mass is 1020 g/mol. The van der Waals surface area contributed by atoms with Crippen LogP contribution >= 0.6 is 0 Å². The van der Waals surface area contributed by atoms with Gasteiger partial charge in [0.05, 0.1) is 24.0 Å². The van der Waals surface area contributed by atoms with Crippen molar-refractivity contribution in [3.63, 3.8) is 0 Å². The fraction of sp³-hybridized carbons (Fsp3) is 0.479. The molecule has 0 saturated carbocycles. The zero-order valence-electron chi connectivity index (χ0n) is 46.5. The van der Waals surface area contributed by atoms with E-state index in [0.29, 0.717) is 59.9 Å². The molecule has 4 heteroatoms. The van der Waals surface area contributed by atoms with Crippen LogP contribution in [0, 0.1) is 35.0 Å². The molecular weight excluding hydrogens is 937 g/mol. The lowest BCUT2D eigenvalue weighted by Crippen LogP contribution is -2.47. The maximum absolute atomic E-state index is 6.82. The van der Waals surface area contributed by atoms with Gasteiger partial charge in [0.25, 0.3) is 0 Å². The van der Waals surface area contributed by atoms with E-state index in [1.54, 1.807) is 39.0 Å². The molecule has 0 radical (unpaired) electrons. The Labute approximate surface area is 463 Å². The number of hydrogen-bond acceptors (Lipinski definition) is 4. The second kappa shape index (κ2) is 22.0. The zero-order chi connectivity index (χ0) is 52.0. The second-order valence-electron chi connectivity index (χ2n) is 25.4. The molecule has 6 aliphatic heterocycles. The van der Waals surface area contributed by atoms with Crippen molar-refractivity contribution in [3.8, 4) is 0 Å². The first-order chi connectivity index (χ1) is 37.8. The molecule has 17 rings (SSSR count). The summed E-state index contributed by atoms with van der Waals surface area (Å²) in [7, 11) is 0. The average Bonchev–Trinajstić information content (AvgIpc) is 3.81. The van der Waals surface area contributed by atoms with Gasteiger partial charge in [0.15, 0.2) is 0 Å². The molecule has 10 aliphatic carbocycles. The van der Waals surface area contributed by atoms with Crippen molar-refractivity contribution in [2.75, 3.05) is 4.90 Å². The topological polar surface area (TPSA) is 24.9 Å². The number of para-hydroxylation sites is 1. The number of allylic oxidation sites excluding steroid dienone is 19. The van der Waals surface area contributed by atoms with Gasteiger partial charge in [0.2, 0.25) is 0 Å². The van der Waals surface area contributed by atoms with Crippen LogP contribution in [0.3, 0.4) is 0 Å². The summed E-state index contributed by atoms with van der Waals surface area (Å²) in [6.45, 7) is 13.3. The minimum atomic E-state index is -0.0204. The summed E-state index contributed by atoms with van der Waals surface area (Å²) in [5.41, 5.74) is 15.3. The summed E-state index contributed by atoms with van der Waals surface area (Å²) in [5, 5.41) is 0. The molecular formula is C73H86N2O2. The predicted molar refractivity (Wildman–Crippen MR) is 320 cm³/mol. The summed E-state index contributed by atoms with van der Waals surface area (Å²) in [6, 6.07) is 13.5. The molecule has 13 unspecified atom stereocenters.